The molecule has 0 spiro atoms. The second-order valence-electron chi connectivity index (χ2n) is 5.17. The summed E-state index contributed by atoms with van der Waals surface area (Å²) in [6.07, 6.45) is 0.506. The number of carbonyl (C=O) groups is 2. The monoisotopic (exact) mass is 346 g/mol. The van der Waals surface area contributed by atoms with E-state index < -0.39 is 5.97 Å². The van der Waals surface area contributed by atoms with Crippen molar-refractivity contribution in [2.24, 2.45) is 0 Å². The average molecular weight is 347 g/mol. The van der Waals surface area contributed by atoms with E-state index in [1.54, 1.807) is 6.07 Å². The van der Waals surface area contributed by atoms with Gasteiger partial charge in [0.05, 0.1) is 12.8 Å². The maximum absolute atomic E-state index is 12.2. The van der Waals surface area contributed by atoms with Crippen molar-refractivity contribution in [3.8, 4) is 0 Å². The van der Waals surface area contributed by atoms with Crippen molar-refractivity contribution in [2.75, 3.05) is 32.7 Å². The molecule has 1 aliphatic heterocycles. The predicted octanol–water partition coefficient (Wildman–Crippen LogP) is 1.92. The third-order valence-corrected chi connectivity index (χ3v) is 3.85. The third-order valence-electron chi connectivity index (χ3n) is 3.61. The fraction of sp³-hybridized carbons (Fsp3) is 0.467. The fourth-order valence-corrected chi connectivity index (χ4v) is 2.62. The summed E-state index contributed by atoms with van der Waals surface area (Å²) < 4.78 is 0. The summed E-state index contributed by atoms with van der Waals surface area (Å²) in [5.74, 6) is -0.690. The van der Waals surface area contributed by atoms with Gasteiger partial charge in [0.15, 0.2) is 0 Å². The second kappa shape index (κ2) is 8.98. The Morgan fingerprint density at radius 2 is 1.86 bits per heavy atom. The number of halogens is 2. The van der Waals surface area contributed by atoms with E-state index in [2.05, 4.69) is 4.90 Å². The van der Waals surface area contributed by atoms with Crippen molar-refractivity contribution in [3.05, 3.63) is 34.9 Å². The number of rotatable bonds is 5. The van der Waals surface area contributed by atoms with Crippen molar-refractivity contribution in [2.45, 2.75) is 12.8 Å². The van der Waals surface area contributed by atoms with E-state index in [0.29, 0.717) is 31.1 Å². The van der Waals surface area contributed by atoms with Crippen LogP contribution in [0.5, 0.6) is 0 Å². The van der Waals surface area contributed by atoms with Gasteiger partial charge in [-0.2, -0.15) is 0 Å². The van der Waals surface area contributed by atoms with Crippen LogP contribution in [0.2, 0.25) is 5.02 Å². The normalized spacial score (nSPS) is 15.2. The van der Waals surface area contributed by atoms with Crippen LogP contribution in [0, 0.1) is 0 Å². The smallest absolute Gasteiger partial charge is 0.304 e. The first-order chi connectivity index (χ1) is 10.0. The van der Waals surface area contributed by atoms with E-state index in [4.69, 9.17) is 16.7 Å². The lowest BCUT2D eigenvalue weighted by Gasteiger charge is -2.34. The molecule has 7 heteroatoms. The molecule has 1 saturated heterocycles. The summed E-state index contributed by atoms with van der Waals surface area (Å²) in [6.45, 7) is 3.31. The van der Waals surface area contributed by atoms with Gasteiger partial charge in [-0.15, -0.1) is 12.4 Å². The molecule has 1 aromatic rings. The lowest BCUT2D eigenvalue weighted by Crippen LogP contribution is -2.49. The molecular weight excluding hydrogens is 327 g/mol. The van der Waals surface area contributed by atoms with E-state index in [-0.39, 0.29) is 24.7 Å². The molecule has 0 bridgehead atoms. The molecule has 5 nitrogen and oxygen atoms in total. The number of carboxylic acid groups (broad SMARTS) is 1. The van der Waals surface area contributed by atoms with Gasteiger partial charge in [0, 0.05) is 37.7 Å². The van der Waals surface area contributed by atoms with Crippen LogP contribution in [0.3, 0.4) is 0 Å². The van der Waals surface area contributed by atoms with Crippen molar-refractivity contribution in [1.29, 1.82) is 0 Å². The molecule has 1 aromatic carbocycles. The Morgan fingerprint density at radius 1 is 1.18 bits per heavy atom. The highest BCUT2D eigenvalue weighted by Gasteiger charge is 2.21. The topological polar surface area (TPSA) is 60.9 Å². The number of aliphatic carboxylic acids is 1. The number of nitrogens with zero attached hydrogens (tertiary/aromatic N) is 2. The van der Waals surface area contributed by atoms with Crippen molar-refractivity contribution >= 4 is 35.9 Å². The Kier molecular flexibility index (Phi) is 7.65. The number of hydrogen-bond acceptors (Lipinski definition) is 3. The zero-order chi connectivity index (χ0) is 15.2. The molecule has 0 radical (unpaired) electrons. The molecule has 0 saturated carbocycles. The molecule has 22 heavy (non-hydrogen) atoms. The van der Waals surface area contributed by atoms with Crippen molar-refractivity contribution < 1.29 is 14.7 Å². The molecule has 122 valence electrons. The highest BCUT2D eigenvalue weighted by Crippen LogP contribution is 2.13. The van der Waals surface area contributed by atoms with E-state index in [1.807, 2.05) is 23.1 Å². The molecule has 1 amide bonds. The quantitative estimate of drug-likeness (QED) is 0.884. The van der Waals surface area contributed by atoms with Crippen LogP contribution in [0.15, 0.2) is 24.3 Å². The molecule has 1 heterocycles. The minimum absolute atomic E-state index is 0. The van der Waals surface area contributed by atoms with Gasteiger partial charge in [0.2, 0.25) is 5.91 Å². The van der Waals surface area contributed by atoms with Crippen molar-refractivity contribution in [3.63, 3.8) is 0 Å². The average Bonchev–Trinajstić information content (AvgIpc) is 2.45. The minimum Gasteiger partial charge on any atom is -0.481 e. The molecule has 2 rings (SSSR count). The van der Waals surface area contributed by atoms with Gasteiger partial charge in [0.1, 0.15) is 0 Å². The summed E-state index contributed by atoms with van der Waals surface area (Å²) in [5, 5.41) is 9.31. The molecule has 0 aromatic heterocycles. The lowest BCUT2D eigenvalue weighted by atomic mass is 10.1. The standard InChI is InChI=1S/C15H19ClN2O3.ClH/c16-13-3-1-2-12(10-13)11-14(19)18-8-6-17(7-9-18)5-4-15(20)21;/h1-3,10H,4-9,11H2,(H,20,21);1H. The SMILES string of the molecule is Cl.O=C(O)CCN1CCN(C(=O)Cc2cccc(Cl)c2)CC1. The number of amides is 1. The second-order valence-corrected chi connectivity index (χ2v) is 5.61. The van der Waals surface area contributed by atoms with Crippen LogP contribution in [0.4, 0.5) is 0 Å². The largest absolute Gasteiger partial charge is 0.481 e. The molecule has 0 aliphatic carbocycles. The molecule has 0 unspecified atom stereocenters. The number of carboxylic acids is 1. The predicted molar refractivity (Wildman–Crippen MR) is 87.7 cm³/mol. The summed E-state index contributed by atoms with van der Waals surface area (Å²) in [4.78, 5) is 26.7. The van der Waals surface area contributed by atoms with Crippen molar-refractivity contribution in [1.82, 2.24) is 9.80 Å². The third kappa shape index (κ3) is 5.83. The van der Waals surface area contributed by atoms with Crippen LogP contribution in [0.1, 0.15) is 12.0 Å². The van der Waals surface area contributed by atoms with Gasteiger partial charge in [-0.25, -0.2) is 0 Å². The van der Waals surface area contributed by atoms with Crippen LogP contribution in [-0.4, -0.2) is 59.5 Å². The molecule has 1 fully saturated rings. The molecular formula is C15H20Cl2N2O3. The summed E-state index contributed by atoms with van der Waals surface area (Å²) >= 11 is 5.91. The Hall–Kier alpha value is -1.30. The van der Waals surface area contributed by atoms with Gasteiger partial charge in [-0.3, -0.25) is 14.5 Å². The lowest BCUT2D eigenvalue weighted by molar-refractivity contribution is -0.138. The first-order valence-corrected chi connectivity index (χ1v) is 7.39. The fourth-order valence-electron chi connectivity index (χ4n) is 2.41. The maximum atomic E-state index is 12.2. The number of benzene rings is 1. The number of hydrogen-bond donors (Lipinski definition) is 1. The Morgan fingerprint density at radius 3 is 2.45 bits per heavy atom. The maximum Gasteiger partial charge on any atom is 0.304 e. The number of carbonyl (C=O) groups excluding carboxylic acids is 1. The highest BCUT2D eigenvalue weighted by molar-refractivity contribution is 6.30. The van der Waals surface area contributed by atoms with Gasteiger partial charge in [-0.05, 0) is 17.7 Å². The van der Waals surface area contributed by atoms with E-state index in [0.717, 1.165) is 18.7 Å². The van der Waals surface area contributed by atoms with E-state index >= 15 is 0 Å². The van der Waals surface area contributed by atoms with Crippen LogP contribution in [0.25, 0.3) is 0 Å². The van der Waals surface area contributed by atoms with Crippen LogP contribution < -0.4 is 0 Å². The van der Waals surface area contributed by atoms with Gasteiger partial charge >= 0.3 is 5.97 Å². The Balaban J connectivity index is 0.00000242. The van der Waals surface area contributed by atoms with E-state index in [1.165, 1.54) is 0 Å². The molecule has 0 atom stereocenters. The zero-order valence-electron chi connectivity index (χ0n) is 12.2. The van der Waals surface area contributed by atoms with Gasteiger partial charge in [0.25, 0.3) is 0 Å². The summed E-state index contributed by atoms with van der Waals surface area (Å²) in [6, 6.07) is 7.33. The summed E-state index contributed by atoms with van der Waals surface area (Å²) in [7, 11) is 0. The minimum atomic E-state index is -0.783. The van der Waals surface area contributed by atoms with Crippen LogP contribution in [-0.2, 0) is 16.0 Å². The first-order valence-electron chi connectivity index (χ1n) is 7.01. The van der Waals surface area contributed by atoms with Gasteiger partial charge in [-0.1, -0.05) is 23.7 Å². The Bertz CT molecular complexity index is 517. The zero-order valence-corrected chi connectivity index (χ0v) is 13.8. The summed E-state index contributed by atoms with van der Waals surface area (Å²) in [5.41, 5.74) is 0.917. The first kappa shape index (κ1) is 18.7. The molecule has 1 aliphatic rings. The highest BCUT2D eigenvalue weighted by atomic mass is 35.5. The van der Waals surface area contributed by atoms with Gasteiger partial charge < -0.3 is 10.0 Å². The Labute approximate surface area is 141 Å². The molecule has 1 N–H and O–H groups in total. The van der Waals surface area contributed by atoms with E-state index in [9.17, 15) is 9.59 Å². The number of piperazine rings is 1. The van der Waals surface area contributed by atoms with Crippen LogP contribution >= 0.6 is 24.0 Å².